The molecular weight excluding hydrogens is 334 g/mol. The average molecular weight is 353 g/mol. The van der Waals surface area contributed by atoms with E-state index in [1.54, 1.807) is 6.07 Å². The van der Waals surface area contributed by atoms with Gasteiger partial charge in [0.25, 0.3) is 5.56 Å². The van der Waals surface area contributed by atoms with Crippen molar-refractivity contribution in [1.82, 2.24) is 15.1 Å². The molecular formula is C19H19N3O4. The van der Waals surface area contributed by atoms with Gasteiger partial charge in [-0.05, 0) is 42.2 Å². The number of hydrogen-bond donors (Lipinski definition) is 3. The Kier molecular flexibility index (Phi) is 4.62. The van der Waals surface area contributed by atoms with E-state index in [9.17, 15) is 19.5 Å². The quantitative estimate of drug-likeness (QED) is 0.671. The second-order valence-corrected chi connectivity index (χ2v) is 6.01. The highest BCUT2D eigenvalue weighted by atomic mass is 16.4. The minimum absolute atomic E-state index is 0.0136. The fourth-order valence-corrected chi connectivity index (χ4v) is 3.07. The zero-order valence-electron chi connectivity index (χ0n) is 14.5. The van der Waals surface area contributed by atoms with Crippen molar-refractivity contribution in [3.8, 4) is 0 Å². The molecule has 26 heavy (non-hydrogen) atoms. The van der Waals surface area contributed by atoms with Crippen molar-refractivity contribution >= 4 is 22.9 Å². The number of carbonyl (C=O) groups is 2. The number of H-pyrrole nitrogens is 1. The molecule has 0 unspecified atom stereocenters. The topological polar surface area (TPSA) is 104 Å². The number of rotatable bonds is 4. The van der Waals surface area contributed by atoms with Gasteiger partial charge < -0.3 is 10.4 Å². The summed E-state index contributed by atoms with van der Waals surface area (Å²) in [5.74, 6) is -1.22. The lowest BCUT2D eigenvalue weighted by Crippen LogP contribution is -2.35. The zero-order chi connectivity index (χ0) is 18.8. The number of aryl methyl sites for hydroxylation is 2. The van der Waals surface area contributed by atoms with Gasteiger partial charge in [-0.1, -0.05) is 31.2 Å². The average Bonchev–Trinajstić information content (AvgIpc) is 2.97. The van der Waals surface area contributed by atoms with Gasteiger partial charge in [0.1, 0.15) is 0 Å². The van der Waals surface area contributed by atoms with Gasteiger partial charge in [0, 0.05) is 6.54 Å². The molecule has 0 saturated carbocycles. The molecule has 0 aliphatic carbocycles. The van der Waals surface area contributed by atoms with Crippen LogP contribution in [0.5, 0.6) is 0 Å². The molecule has 134 valence electrons. The second kappa shape index (κ2) is 6.87. The van der Waals surface area contributed by atoms with Crippen molar-refractivity contribution < 1.29 is 14.7 Å². The van der Waals surface area contributed by atoms with Gasteiger partial charge in [-0.3, -0.25) is 9.89 Å². The molecule has 0 aliphatic heterocycles. The number of hydrogen-bond acceptors (Lipinski definition) is 3. The van der Waals surface area contributed by atoms with Gasteiger partial charge in [0.15, 0.2) is 0 Å². The SMILES string of the molecule is CCc1cccc(C)c1CNC(=O)n1[nH]c2cccc(C(=O)O)c2c1=O. The lowest BCUT2D eigenvalue weighted by atomic mass is 10.0. The van der Waals surface area contributed by atoms with E-state index in [1.807, 2.05) is 32.0 Å². The van der Waals surface area contributed by atoms with E-state index in [0.29, 0.717) is 5.52 Å². The number of amides is 1. The lowest BCUT2D eigenvalue weighted by molar-refractivity contribution is 0.0699. The summed E-state index contributed by atoms with van der Waals surface area (Å²) >= 11 is 0. The number of aromatic amines is 1. The van der Waals surface area contributed by atoms with Crippen LogP contribution in [0.2, 0.25) is 0 Å². The maximum Gasteiger partial charge on any atom is 0.343 e. The van der Waals surface area contributed by atoms with Crippen LogP contribution in [0.1, 0.15) is 34.0 Å². The second-order valence-electron chi connectivity index (χ2n) is 6.01. The fourth-order valence-electron chi connectivity index (χ4n) is 3.07. The molecule has 0 bridgehead atoms. The normalized spacial score (nSPS) is 10.8. The Bertz CT molecular complexity index is 1060. The summed E-state index contributed by atoms with van der Waals surface area (Å²) in [6, 6.07) is 9.72. The third-order valence-electron chi connectivity index (χ3n) is 4.45. The molecule has 0 fully saturated rings. The fraction of sp³-hybridized carbons (Fsp3) is 0.211. The van der Waals surface area contributed by atoms with Gasteiger partial charge in [-0.15, -0.1) is 0 Å². The highest BCUT2D eigenvalue weighted by Crippen LogP contribution is 2.15. The first-order valence-electron chi connectivity index (χ1n) is 8.26. The van der Waals surface area contributed by atoms with Crippen LogP contribution >= 0.6 is 0 Å². The van der Waals surface area contributed by atoms with Crippen molar-refractivity contribution in [3.63, 3.8) is 0 Å². The first kappa shape index (κ1) is 17.5. The first-order chi connectivity index (χ1) is 12.4. The number of fused-ring (bicyclic) bond motifs is 1. The van der Waals surface area contributed by atoms with Gasteiger partial charge in [-0.25, -0.2) is 9.59 Å². The number of aromatic nitrogens is 2. The van der Waals surface area contributed by atoms with Crippen molar-refractivity contribution in [3.05, 3.63) is 69.0 Å². The molecule has 3 rings (SSSR count). The number of carbonyl (C=O) groups excluding carboxylic acids is 1. The molecule has 0 radical (unpaired) electrons. The van der Waals surface area contributed by atoms with Gasteiger partial charge in [0.2, 0.25) is 0 Å². The van der Waals surface area contributed by atoms with Crippen LogP contribution < -0.4 is 10.9 Å². The van der Waals surface area contributed by atoms with Crippen molar-refractivity contribution in [2.24, 2.45) is 0 Å². The zero-order valence-corrected chi connectivity index (χ0v) is 14.5. The third kappa shape index (κ3) is 2.99. The highest BCUT2D eigenvalue weighted by molar-refractivity contribution is 6.03. The maximum atomic E-state index is 12.5. The first-order valence-corrected chi connectivity index (χ1v) is 8.26. The number of nitrogens with zero attached hydrogens (tertiary/aromatic N) is 1. The van der Waals surface area contributed by atoms with E-state index in [2.05, 4.69) is 10.4 Å². The van der Waals surface area contributed by atoms with E-state index >= 15 is 0 Å². The van der Waals surface area contributed by atoms with E-state index in [-0.39, 0.29) is 17.5 Å². The van der Waals surface area contributed by atoms with E-state index in [0.717, 1.165) is 27.8 Å². The molecule has 0 spiro atoms. The Morgan fingerprint density at radius 2 is 1.92 bits per heavy atom. The molecule has 0 saturated heterocycles. The predicted octanol–water partition coefficient (Wildman–Crippen LogP) is 2.66. The summed E-state index contributed by atoms with van der Waals surface area (Å²) in [5.41, 5.74) is 2.68. The van der Waals surface area contributed by atoms with Crippen LogP contribution in [0, 0.1) is 6.92 Å². The van der Waals surface area contributed by atoms with Crippen LogP contribution in [-0.4, -0.2) is 26.9 Å². The van der Waals surface area contributed by atoms with E-state index in [4.69, 9.17) is 0 Å². The summed E-state index contributed by atoms with van der Waals surface area (Å²) < 4.78 is 0.807. The van der Waals surface area contributed by atoms with Crippen LogP contribution in [0.4, 0.5) is 4.79 Å². The smallest absolute Gasteiger partial charge is 0.343 e. The van der Waals surface area contributed by atoms with Crippen LogP contribution in [-0.2, 0) is 13.0 Å². The Labute approximate surface area is 149 Å². The molecule has 7 nitrogen and oxygen atoms in total. The minimum atomic E-state index is -1.22. The summed E-state index contributed by atoms with van der Waals surface area (Å²) in [4.78, 5) is 36.3. The Morgan fingerprint density at radius 1 is 1.19 bits per heavy atom. The predicted molar refractivity (Wildman–Crippen MR) is 97.7 cm³/mol. The molecule has 2 aromatic carbocycles. The largest absolute Gasteiger partial charge is 0.478 e. The number of aromatic carboxylic acids is 1. The highest BCUT2D eigenvalue weighted by Gasteiger charge is 2.18. The molecule has 0 aliphatic rings. The number of benzene rings is 2. The van der Waals surface area contributed by atoms with Crippen LogP contribution in [0.3, 0.4) is 0 Å². The van der Waals surface area contributed by atoms with Crippen LogP contribution in [0.15, 0.2) is 41.2 Å². The number of carboxylic acids is 1. The molecule has 7 heteroatoms. The molecule has 3 N–H and O–H groups in total. The summed E-state index contributed by atoms with van der Waals surface area (Å²) in [5, 5.41) is 14.6. The number of carboxylic acid groups (broad SMARTS) is 1. The Morgan fingerprint density at radius 3 is 2.62 bits per heavy atom. The third-order valence-corrected chi connectivity index (χ3v) is 4.45. The summed E-state index contributed by atoms with van der Waals surface area (Å²) in [6.45, 7) is 4.28. The maximum absolute atomic E-state index is 12.5. The molecule has 0 atom stereocenters. The van der Waals surface area contributed by atoms with Crippen molar-refractivity contribution in [2.45, 2.75) is 26.8 Å². The summed E-state index contributed by atoms with van der Waals surface area (Å²) in [7, 11) is 0. The molecule has 1 amide bonds. The molecule has 3 aromatic rings. The van der Waals surface area contributed by atoms with Gasteiger partial charge >= 0.3 is 12.0 Å². The Hall–Kier alpha value is -3.35. The molecule has 1 heterocycles. The van der Waals surface area contributed by atoms with Crippen molar-refractivity contribution in [2.75, 3.05) is 0 Å². The summed E-state index contributed by atoms with van der Waals surface area (Å²) in [6.07, 6.45) is 0.835. The molecule has 1 aromatic heterocycles. The van der Waals surface area contributed by atoms with Crippen molar-refractivity contribution in [1.29, 1.82) is 0 Å². The standard InChI is InChI=1S/C19H19N3O4/c1-3-12-7-4-6-11(2)14(12)10-20-19(26)22-17(23)16-13(18(24)25)8-5-9-15(16)21-22/h4-9,21H,3,10H2,1-2H3,(H,20,26)(H,24,25). The van der Waals surface area contributed by atoms with E-state index in [1.165, 1.54) is 12.1 Å². The van der Waals surface area contributed by atoms with Gasteiger partial charge in [0.05, 0.1) is 16.5 Å². The minimum Gasteiger partial charge on any atom is -0.478 e. The van der Waals surface area contributed by atoms with Gasteiger partial charge in [-0.2, -0.15) is 4.68 Å². The lowest BCUT2D eigenvalue weighted by Gasteiger charge is -2.12. The van der Waals surface area contributed by atoms with E-state index < -0.39 is 17.6 Å². The monoisotopic (exact) mass is 353 g/mol. The number of nitrogens with one attached hydrogen (secondary N) is 2. The van der Waals surface area contributed by atoms with Crippen LogP contribution in [0.25, 0.3) is 10.9 Å². The Balaban J connectivity index is 1.92.